The van der Waals surface area contributed by atoms with E-state index in [1.165, 1.54) is 4.57 Å². The third-order valence-electron chi connectivity index (χ3n) is 3.85. The fourth-order valence-corrected chi connectivity index (χ4v) is 3.11. The molecular weight excluding hydrogens is 421 g/mol. The van der Waals surface area contributed by atoms with Crippen molar-refractivity contribution in [3.05, 3.63) is 58.0 Å². The molecule has 0 spiro atoms. The molecule has 1 aromatic carbocycles. The normalized spacial score (nSPS) is 17.4. The Morgan fingerprint density at radius 3 is 2.29 bits per heavy atom. The summed E-state index contributed by atoms with van der Waals surface area (Å²) >= 11 is 1.70. The van der Waals surface area contributed by atoms with Crippen LogP contribution in [0.15, 0.2) is 41.2 Å². The molecule has 1 aromatic heterocycles. The van der Waals surface area contributed by atoms with Crippen LogP contribution in [0.5, 0.6) is 5.75 Å². The van der Waals surface area contributed by atoms with Gasteiger partial charge >= 0.3 is 5.97 Å². The molecule has 0 fully saturated rings. The summed E-state index contributed by atoms with van der Waals surface area (Å²) in [7, 11) is 0. The average Bonchev–Trinajstić information content (AvgIpc) is 2.52. The van der Waals surface area contributed by atoms with Crippen molar-refractivity contribution in [3.63, 3.8) is 0 Å². The van der Waals surface area contributed by atoms with Gasteiger partial charge in [-0.15, -0.1) is 0 Å². The van der Waals surface area contributed by atoms with Crippen molar-refractivity contribution < 1.29 is 14.3 Å². The number of hydrogen-bond donors (Lipinski definition) is 0. The van der Waals surface area contributed by atoms with Crippen LogP contribution >= 0.6 is 22.6 Å². The van der Waals surface area contributed by atoms with Crippen molar-refractivity contribution in [1.29, 1.82) is 0 Å². The maximum Gasteiger partial charge on any atom is 0.332 e. The summed E-state index contributed by atoms with van der Waals surface area (Å²) in [6.45, 7) is 5.88. The molecule has 0 aliphatic carbocycles. The highest BCUT2D eigenvalue weighted by Gasteiger charge is 2.38. The van der Waals surface area contributed by atoms with Gasteiger partial charge in [-0.05, 0) is 12.1 Å². The van der Waals surface area contributed by atoms with E-state index in [-0.39, 0.29) is 16.7 Å². The molecule has 124 valence electrons. The van der Waals surface area contributed by atoms with Crippen molar-refractivity contribution in [1.82, 2.24) is 4.57 Å². The third-order valence-corrected chi connectivity index (χ3v) is 4.92. The first kappa shape index (κ1) is 16.9. The molecular formula is C18H16INO4. The number of ether oxygens (including phenoxy) is 1. The van der Waals surface area contributed by atoms with Gasteiger partial charge in [0.05, 0.1) is 0 Å². The minimum Gasteiger partial charge on any atom is -0.424 e. The summed E-state index contributed by atoms with van der Waals surface area (Å²) in [4.78, 5) is 37.4. The van der Waals surface area contributed by atoms with Gasteiger partial charge < -0.3 is 4.74 Å². The lowest BCUT2D eigenvalue weighted by Gasteiger charge is -2.27. The van der Waals surface area contributed by atoms with E-state index < -0.39 is 21.2 Å². The number of aromatic nitrogens is 1. The molecule has 6 heteroatoms. The first-order valence-electron chi connectivity index (χ1n) is 7.48. The Bertz CT molecular complexity index is 894. The number of ketones is 1. The summed E-state index contributed by atoms with van der Waals surface area (Å²) in [6.07, 6.45) is 0. The second-order valence-corrected chi connectivity index (χ2v) is 7.89. The minimum absolute atomic E-state index is 0.0556. The predicted molar refractivity (Wildman–Crippen MR) is 98.5 cm³/mol. The molecule has 5 nitrogen and oxygen atoms in total. The Hall–Kier alpha value is -1.96. The largest absolute Gasteiger partial charge is 0.424 e. The fourth-order valence-electron chi connectivity index (χ4n) is 2.67. The number of alkyl halides is 1. The van der Waals surface area contributed by atoms with Crippen LogP contribution in [-0.2, 0) is 10.2 Å². The van der Waals surface area contributed by atoms with Gasteiger partial charge in [0.1, 0.15) is 11.3 Å². The van der Waals surface area contributed by atoms with Crippen molar-refractivity contribution in [2.24, 2.45) is 0 Å². The molecule has 1 unspecified atom stereocenters. The molecule has 0 saturated carbocycles. The molecule has 1 aliphatic heterocycles. The van der Waals surface area contributed by atoms with E-state index in [0.717, 1.165) is 0 Å². The van der Waals surface area contributed by atoms with Crippen LogP contribution in [0.25, 0.3) is 5.69 Å². The molecule has 1 aliphatic rings. The number of rotatable bonds is 1. The van der Waals surface area contributed by atoms with Crippen LogP contribution in [-0.4, -0.2) is 20.2 Å². The van der Waals surface area contributed by atoms with E-state index >= 15 is 0 Å². The van der Waals surface area contributed by atoms with E-state index in [9.17, 15) is 14.4 Å². The van der Waals surface area contributed by atoms with Gasteiger partial charge in [0.15, 0.2) is 9.71 Å². The van der Waals surface area contributed by atoms with Crippen molar-refractivity contribution in [2.75, 3.05) is 0 Å². The van der Waals surface area contributed by atoms with Crippen molar-refractivity contribution in [3.8, 4) is 11.4 Å². The van der Waals surface area contributed by atoms with Crippen LogP contribution in [0, 0.1) is 0 Å². The first-order chi connectivity index (χ1) is 11.2. The summed E-state index contributed by atoms with van der Waals surface area (Å²) < 4.78 is 5.78. The SMILES string of the molecule is CC(C)(C)c1cc2c(c(=O)n1-c1ccccc1)C(=O)C(I)C(=O)O2. The standard InChI is InChI=1S/C18H16INO4/c1-18(2,3)12-9-11-13(15(21)14(19)17(23)24-11)16(22)20(12)10-7-5-4-6-8-10/h4-9,14H,1-3H3. The van der Waals surface area contributed by atoms with Gasteiger partial charge in [0, 0.05) is 22.9 Å². The van der Waals surface area contributed by atoms with Crippen LogP contribution in [0.2, 0.25) is 0 Å². The van der Waals surface area contributed by atoms with Crippen molar-refractivity contribution in [2.45, 2.75) is 30.1 Å². The fraction of sp³-hybridized carbons (Fsp3) is 0.278. The summed E-state index contributed by atoms with van der Waals surface area (Å²) in [5.74, 6) is -1.08. The smallest absolute Gasteiger partial charge is 0.332 e. The van der Waals surface area contributed by atoms with E-state index in [2.05, 4.69) is 0 Å². The zero-order valence-corrected chi connectivity index (χ0v) is 15.7. The maximum absolute atomic E-state index is 13.1. The summed E-state index contributed by atoms with van der Waals surface area (Å²) in [5.41, 5.74) is 0.434. The Balaban J connectivity index is 2.39. The summed E-state index contributed by atoms with van der Waals surface area (Å²) in [5, 5.41) is 0. The Morgan fingerprint density at radius 1 is 1.08 bits per heavy atom. The quantitative estimate of drug-likeness (QED) is 0.298. The van der Waals surface area contributed by atoms with Gasteiger partial charge in [-0.25, -0.2) is 4.79 Å². The zero-order valence-electron chi connectivity index (χ0n) is 13.5. The van der Waals surface area contributed by atoms with Gasteiger partial charge in [0.25, 0.3) is 5.56 Å². The number of esters is 1. The van der Waals surface area contributed by atoms with E-state index in [4.69, 9.17) is 4.74 Å². The van der Waals surface area contributed by atoms with E-state index in [1.807, 2.05) is 51.1 Å². The van der Waals surface area contributed by atoms with Crippen molar-refractivity contribution >= 4 is 34.3 Å². The number of Topliss-reactive ketones (excluding diaryl/α,β-unsaturated/α-hetero) is 1. The monoisotopic (exact) mass is 437 g/mol. The van der Waals surface area contributed by atoms with Crippen LogP contribution in [0.3, 0.4) is 0 Å². The number of carbonyl (C=O) groups excluding carboxylic acids is 2. The highest BCUT2D eigenvalue weighted by atomic mass is 127. The van der Waals surface area contributed by atoms with E-state index in [0.29, 0.717) is 11.4 Å². The molecule has 0 N–H and O–H groups in total. The first-order valence-corrected chi connectivity index (χ1v) is 8.72. The average molecular weight is 437 g/mol. The Kier molecular flexibility index (Phi) is 4.11. The number of nitrogens with zero attached hydrogens (tertiary/aromatic N) is 1. The highest BCUT2D eigenvalue weighted by molar-refractivity contribution is 14.1. The van der Waals surface area contributed by atoms with Gasteiger partial charge in [0.2, 0.25) is 0 Å². The zero-order chi connectivity index (χ0) is 17.6. The highest BCUT2D eigenvalue weighted by Crippen LogP contribution is 2.32. The Morgan fingerprint density at radius 2 is 1.71 bits per heavy atom. The number of fused-ring (bicyclic) bond motifs is 1. The molecule has 0 radical (unpaired) electrons. The molecule has 1 atom stereocenters. The second kappa shape index (κ2) is 5.84. The molecule has 0 bridgehead atoms. The van der Waals surface area contributed by atoms with Crippen LogP contribution in [0.1, 0.15) is 36.8 Å². The lowest BCUT2D eigenvalue weighted by atomic mass is 9.89. The number of hydrogen-bond acceptors (Lipinski definition) is 4. The molecule has 0 amide bonds. The topological polar surface area (TPSA) is 65.4 Å². The number of para-hydroxylation sites is 1. The van der Waals surface area contributed by atoms with Gasteiger partial charge in [-0.3, -0.25) is 14.2 Å². The molecule has 3 rings (SSSR count). The number of carbonyl (C=O) groups is 2. The van der Waals surface area contributed by atoms with Gasteiger partial charge in [-0.1, -0.05) is 61.6 Å². The third kappa shape index (κ3) is 2.68. The van der Waals surface area contributed by atoms with Gasteiger partial charge in [-0.2, -0.15) is 0 Å². The molecule has 2 aromatic rings. The molecule has 2 heterocycles. The van der Waals surface area contributed by atoms with E-state index in [1.54, 1.807) is 28.7 Å². The maximum atomic E-state index is 13.1. The lowest BCUT2D eigenvalue weighted by Crippen LogP contribution is -2.41. The van der Waals surface area contributed by atoms with Crippen LogP contribution in [0.4, 0.5) is 0 Å². The Labute approximate surface area is 152 Å². The summed E-state index contributed by atoms with van der Waals surface area (Å²) in [6, 6.07) is 10.8. The lowest BCUT2D eigenvalue weighted by molar-refractivity contribution is -0.133. The number of benzene rings is 1. The predicted octanol–water partition coefficient (Wildman–Crippen LogP) is 3.04. The molecule has 0 saturated heterocycles. The number of halogens is 1. The minimum atomic E-state index is -0.993. The van der Waals surface area contributed by atoms with Crippen LogP contribution < -0.4 is 10.3 Å². The molecule has 24 heavy (non-hydrogen) atoms. The number of pyridine rings is 1. The second-order valence-electron chi connectivity index (χ2n) is 6.64.